The largest absolute Gasteiger partial charge is 0.249 e. The van der Waals surface area contributed by atoms with Crippen LogP contribution < -0.4 is 0 Å². The monoisotopic (exact) mass is 272 g/mol. The number of alkyl halides is 2. The van der Waals surface area contributed by atoms with E-state index in [1.165, 1.54) is 64.2 Å². The van der Waals surface area contributed by atoms with Crippen LogP contribution in [0, 0.1) is 11.8 Å². The summed E-state index contributed by atoms with van der Waals surface area (Å²) in [5, 5.41) is 0. The van der Waals surface area contributed by atoms with Crippen molar-refractivity contribution in [1.29, 1.82) is 0 Å². The van der Waals surface area contributed by atoms with E-state index < -0.39 is 6.43 Å². The summed E-state index contributed by atoms with van der Waals surface area (Å²) >= 11 is 0. The molecular weight excluding hydrogens is 242 g/mol. The average molecular weight is 272 g/mol. The zero-order valence-corrected chi connectivity index (χ0v) is 12.5. The molecule has 0 aromatic rings. The Morgan fingerprint density at radius 3 is 1.63 bits per heavy atom. The Labute approximate surface area is 118 Å². The minimum Gasteiger partial charge on any atom is -0.209 e. The predicted octanol–water partition coefficient (Wildman–Crippen LogP) is 6.35. The lowest BCUT2D eigenvalue weighted by Gasteiger charge is -2.01. The van der Waals surface area contributed by atoms with E-state index in [0.29, 0.717) is 0 Å². The van der Waals surface area contributed by atoms with Gasteiger partial charge in [0.2, 0.25) is 6.43 Å². The average Bonchev–Trinajstić information content (AvgIpc) is 2.39. The van der Waals surface area contributed by atoms with Gasteiger partial charge in [-0.3, -0.25) is 0 Å². The second-order valence-corrected chi connectivity index (χ2v) is 5.23. The molecule has 0 fully saturated rings. The van der Waals surface area contributed by atoms with Gasteiger partial charge in [0.05, 0.1) is 6.42 Å². The molecule has 0 saturated carbocycles. The standard InChI is InChI=1S/C17H30F2/c1-2-3-4-5-6-7-8-9-10-11-12-13-14-15-16-17(18)19/h17H,2-13,16H2,1H3. The lowest BCUT2D eigenvalue weighted by atomic mass is 10.1. The molecule has 0 atom stereocenters. The molecule has 19 heavy (non-hydrogen) atoms. The third kappa shape index (κ3) is 17.4. The van der Waals surface area contributed by atoms with Gasteiger partial charge < -0.3 is 0 Å². The smallest absolute Gasteiger partial charge is 0.209 e. The van der Waals surface area contributed by atoms with Crippen molar-refractivity contribution < 1.29 is 8.78 Å². The van der Waals surface area contributed by atoms with Crippen LogP contribution in [0.3, 0.4) is 0 Å². The molecule has 0 nitrogen and oxygen atoms in total. The molecule has 0 radical (unpaired) electrons. The lowest BCUT2D eigenvalue weighted by molar-refractivity contribution is 0.155. The fourth-order valence-corrected chi connectivity index (χ4v) is 2.12. The first-order valence-electron chi connectivity index (χ1n) is 8.01. The molecule has 0 N–H and O–H groups in total. The van der Waals surface area contributed by atoms with E-state index in [1.807, 2.05) is 0 Å². The number of halogens is 2. The Morgan fingerprint density at radius 1 is 0.684 bits per heavy atom. The first kappa shape index (κ1) is 18.4. The minimum atomic E-state index is -2.27. The molecule has 2 heteroatoms. The van der Waals surface area contributed by atoms with Crippen LogP contribution in [0.2, 0.25) is 0 Å². The van der Waals surface area contributed by atoms with Crippen molar-refractivity contribution in [2.45, 2.75) is 96.8 Å². The van der Waals surface area contributed by atoms with E-state index >= 15 is 0 Å². The highest BCUT2D eigenvalue weighted by Crippen LogP contribution is 2.11. The van der Waals surface area contributed by atoms with Crippen molar-refractivity contribution in [2.24, 2.45) is 0 Å². The van der Waals surface area contributed by atoms with Gasteiger partial charge in [-0.05, 0) is 6.42 Å². The lowest BCUT2D eigenvalue weighted by Crippen LogP contribution is -1.85. The quantitative estimate of drug-likeness (QED) is 0.287. The molecular formula is C17H30F2. The topological polar surface area (TPSA) is 0 Å². The maximum atomic E-state index is 11.8. The fraction of sp³-hybridized carbons (Fsp3) is 0.882. The molecule has 0 rings (SSSR count). The van der Waals surface area contributed by atoms with Gasteiger partial charge in [-0.1, -0.05) is 77.1 Å². The van der Waals surface area contributed by atoms with E-state index in [9.17, 15) is 8.78 Å². The molecule has 0 amide bonds. The second kappa shape index (κ2) is 15.5. The summed E-state index contributed by atoms with van der Waals surface area (Å²) in [7, 11) is 0. The first-order valence-corrected chi connectivity index (χ1v) is 8.01. The molecule has 0 aliphatic carbocycles. The molecule has 112 valence electrons. The van der Waals surface area contributed by atoms with Gasteiger partial charge in [0.25, 0.3) is 0 Å². The maximum Gasteiger partial charge on any atom is 0.249 e. The number of hydrogen-bond acceptors (Lipinski definition) is 0. The highest BCUT2D eigenvalue weighted by atomic mass is 19.3. The highest BCUT2D eigenvalue weighted by Gasteiger charge is 1.96. The van der Waals surface area contributed by atoms with Crippen LogP contribution in [-0.4, -0.2) is 6.43 Å². The molecule has 0 unspecified atom stereocenters. The van der Waals surface area contributed by atoms with Crippen LogP contribution in [0.15, 0.2) is 0 Å². The van der Waals surface area contributed by atoms with Crippen LogP contribution in [0.4, 0.5) is 8.78 Å². The van der Waals surface area contributed by atoms with Gasteiger partial charge in [-0.25, -0.2) is 8.78 Å². The minimum absolute atomic E-state index is 0.266. The molecule has 0 aromatic carbocycles. The summed E-state index contributed by atoms with van der Waals surface area (Å²) in [6, 6.07) is 0. The second-order valence-electron chi connectivity index (χ2n) is 5.23. The SMILES string of the molecule is CCCCCCCCCCCCCC#CCC(F)F. The van der Waals surface area contributed by atoms with Gasteiger partial charge in [0, 0.05) is 6.42 Å². The third-order valence-electron chi connectivity index (χ3n) is 3.29. The molecule has 0 aliphatic heterocycles. The fourth-order valence-electron chi connectivity index (χ4n) is 2.12. The van der Waals surface area contributed by atoms with Crippen LogP contribution in [0.25, 0.3) is 0 Å². The summed E-state index contributed by atoms with van der Waals surface area (Å²) in [6.07, 6.45) is 12.7. The van der Waals surface area contributed by atoms with Crippen molar-refractivity contribution in [3.8, 4) is 11.8 Å². The zero-order chi connectivity index (χ0) is 14.2. The number of unbranched alkanes of at least 4 members (excludes halogenated alkanes) is 11. The Hall–Kier alpha value is -0.580. The van der Waals surface area contributed by atoms with E-state index in [4.69, 9.17) is 0 Å². The van der Waals surface area contributed by atoms with Gasteiger partial charge in [0.1, 0.15) is 0 Å². The van der Waals surface area contributed by atoms with Crippen LogP contribution >= 0.6 is 0 Å². The van der Waals surface area contributed by atoms with Crippen molar-refractivity contribution in [1.82, 2.24) is 0 Å². The maximum absolute atomic E-state index is 11.8. The Balaban J connectivity index is 3.04. The van der Waals surface area contributed by atoms with Gasteiger partial charge in [-0.2, -0.15) is 0 Å². The first-order chi connectivity index (χ1) is 9.27. The normalized spacial score (nSPS) is 10.5. The summed E-state index contributed by atoms with van der Waals surface area (Å²) in [4.78, 5) is 0. The van der Waals surface area contributed by atoms with Crippen LogP contribution in [-0.2, 0) is 0 Å². The van der Waals surface area contributed by atoms with E-state index in [0.717, 1.165) is 12.8 Å². The van der Waals surface area contributed by atoms with Gasteiger partial charge in [-0.15, -0.1) is 5.92 Å². The molecule has 0 saturated heterocycles. The molecule has 0 bridgehead atoms. The molecule has 0 aromatic heterocycles. The van der Waals surface area contributed by atoms with Crippen molar-refractivity contribution >= 4 is 0 Å². The van der Waals surface area contributed by atoms with Crippen molar-refractivity contribution in [3.63, 3.8) is 0 Å². The Morgan fingerprint density at radius 2 is 1.16 bits per heavy atom. The molecule has 0 spiro atoms. The van der Waals surface area contributed by atoms with E-state index in [2.05, 4.69) is 18.8 Å². The van der Waals surface area contributed by atoms with Gasteiger partial charge in [0.15, 0.2) is 0 Å². The van der Waals surface area contributed by atoms with Crippen molar-refractivity contribution in [3.05, 3.63) is 0 Å². The number of hydrogen-bond donors (Lipinski definition) is 0. The number of rotatable bonds is 12. The predicted molar refractivity (Wildman–Crippen MR) is 79.5 cm³/mol. The molecule has 0 aliphatic rings. The molecule has 0 heterocycles. The Bertz CT molecular complexity index is 225. The van der Waals surface area contributed by atoms with Crippen LogP contribution in [0.1, 0.15) is 90.4 Å². The zero-order valence-electron chi connectivity index (χ0n) is 12.5. The third-order valence-corrected chi connectivity index (χ3v) is 3.29. The van der Waals surface area contributed by atoms with E-state index in [-0.39, 0.29) is 6.42 Å². The summed E-state index contributed by atoms with van der Waals surface area (Å²) < 4.78 is 23.6. The van der Waals surface area contributed by atoms with Crippen LogP contribution in [0.5, 0.6) is 0 Å². The van der Waals surface area contributed by atoms with Crippen molar-refractivity contribution in [2.75, 3.05) is 0 Å². The Kier molecular flexibility index (Phi) is 15.0. The van der Waals surface area contributed by atoms with E-state index in [1.54, 1.807) is 0 Å². The summed E-state index contributed by atoms with van der Waals surface area (Å²) in [6.45, 7) is 2.25. The van der Waals surface area contributed by atoms with Gasteiger partial charge >= 0.3 is 0 Å². The summed E-state index contributed by atoms with van der Waals surface area (Å²) in [5.41, 5.74) is 0. The summed E-state index contributed by atoms with van der Waals surface area (Å²) in [5.74, 6) is 5.34. The highest BCUT2D eigenvalue weighted by molar-refractivity contribution is 4.99.